The van der Waals surface area contributed by atoms with E-state index in [-0.39, 0.29) is 24.0 Å². The fraction of sp³-hybridized carbons (Fsp3) is 0.375. The number of hydrogen-bond donors (Lipinski definition) is 0. The minimum absolute atomic E-state index is 0. The van der Waals surface area contributed by atoms with E-state index in [1.165, 1.54) is 16.7 Å². The van der Waals surface area contributed by atoms with Gasteiger partial charge in [-0.05, 0) is 0 Å². The SMILES string of the molecule is CC1=[C-]C(C)(C)C(C)=C1C.[V].c1ccccc1. The van der Waals surface area contributed by atoms with E-state index in [2.05, 4.69) is 40.7 Å². The summed E-state index contributed by atoms with van der Waals surface area (Å²) in [5.74, 6) is 0. The van der Waals surface area contributed by atoms with E-state index < -0.39 is 0 Å². The monoisotopic (exact) mass is 264 g/mol. The van der Waals surface area contributed by atoms with Gasteiger partial charge in [-0.15, -0.1) is 6.92 Å². The molecule has 0 heterocycles. The molecule has 0 nitrogen and oxygen atoms in total. The standard InChI is InChI=1S/C10H15.C6H6.V/c1-7-6-10(4,5)9(3)8(7)2;1-2-4-6-5-3-1;/h1-5H3;1-6H;/q-1;;. The topological polar surface area (TPSA) is 0 Å². The zero-order valence-electron chi connectivity index (χ0n) is 11.4. The van der Waals surface area contributed by atoms with Crippen molar-refractivity contribution in [1.29, 1.82) is 0 Å². The summed E-state index contributed by atoms with van der Waals surface area (Å²) in [6.45, 7) is 10.9. The van der Waals surface area contributed by atoms with Gasteiger partial charge in [0.15, 0.2) is 0 Å². The van der Waals surface area contributed by atoms with Crippen LogP contribution in [0.15, 0.2) is 53.1 Å². The van der Waals surface area contributed by atoms with Crippen LogP contribution in [0.5, 0.6) is 0 Å². The summed E-state index contributed by atoms with van der Waals surface area (Å²) in [6.07, 6.45) is 3.44. The average molecular weight is 264 g/mol. The van der Waals surface area contributed by atoms with Crippen LogP contribution in [0.2, 0.25) is 0 Å². The quantitative estimate of drug-likeness (QED) is 0.591. The smallest absolute Gasteiger partial charge is 0 e. The molecule has 0 saturated carbocycles. The summed E-state index contributed by atoms with van der Waals surface area (Å²) in [6, 6.07) is 12.0. The van der Waals surface area contributed by atoms with Crippen molar-refractivity contribution in [3.8, 4) is 0 Å². The summed E-state index contributed by atoms with van der Waals surface area (Å²) in [4.78, 5) is 0. The number of hydrogen-bond acceptors (Lipinski definition) is 0. The van der Waals surface area contributed by atoms with Crippen LogP contribution in [0.3, 0.4) is 0 Å². The van der Waals surface area contributed by atoms with E-state index in [1.807, 2.05) is 36.4 Å². The van der Waals surface area contributed by atoms with Crippen molar-refractivity contribution in [1.82, 2.24) is 0 Å². The maximum absolute atomic E-state index is 3.44. The summed E-state index contributed by atoms with van der Waals surface area (Å²) in [5, 5.41) is 0. The first-order valence-electron chi connectivity index (χ1n) is 5.75. The van der Waals surface area contributed by atoms with Gasteiger partial charge in [0.2, 0.25) is 0 Å². The van der Waals surface area contributed by atoms with Gasteiger partial charge in [-0.3, -0.25) is 6.08 Å². The van der Waals surface area contributed by atoms with Crippen molar-refractivity contribution in [2.75, 3.05) is 0 Å². The van der Waals surface area contributed by atoms with Crippen LogP contribution in [0.1, 0.15) is 34.6 Å². The van der Waals surface area contributed by atoms with Crippen LogP contribution < -0.4 is 0 Å². The second-order valence-electron chi connectivity index (χ2n) is 4.78. The van der Waals surface area contributed by atoms with E-state index in [0.29, 0.717) is 0 Å². The second-order valence-corrected chi connectivity index (χ2v) is 4.78. The van der Waals surface area contributed by atoms with E-state index in [1.54, 1.807) is 0 Å². The molecule has 0 spiro atoms. The molecule has 1 heteroatoms. The number of allylic oxidation sites excluding steroid dienone is 4. The summed E-state index contributed by atoms with van der Waals surface area (Å²) >= 11 is 0. The third kappa shape index (κ3) is 4.57. The van der Waals surface area contributed by atoms with Crippen molar-refractivity contribution in [2.45, 2.75) is 34.6 Å². The Bertz CT molecular complexity index is 370. The Labute approximate surface area is 118 Å². The predicted octanol–water partition coefficient (Wildman–Crippen LogP) is 4.80. The molecule has 1 aliphatic carbocycles. The molecule has 91 valence electrons. The minimum atomic E-state index is 0. The molecule has 1 aromatic carbocycles. The van der Waals surface area contributed by atoms with E-state index in [9.17, 15) is 0 Å². The Hall–Kier alpha value is -0.716. The maximum Gasteiger partial charge on any atom is 0 e. The van der Waals surface area contributed by atoms with Crippen LogP contribution in [0.4, 0.5) is 0 Å². The molecule has 0 unspecified atom stereocenters. The van der Waals surface area contributed by atoms with Gasteiger partial charge >= 0.3 is 0 Å². The predicted molar refractivity (Wildman–Crippen MR) is 71.0 cm³/mol. The van der Waals surface area contributed by atoms with E-state index >= 15 is 0 Å². The van der Waals surface area contributed by atoms with Crippen molar-refractivity contribution < 1.29 is 18.6 Å². The third-order valence-electron chi connectivity index (χ3n) is 3.23. The third-order valence-corrected chi connectivity index (χ3v) is 3.23. The molecule has 1 radical (unpaired) electrons. The fourth-order valence-corrected chi connectivity index (χ4v) is 1.79. The van der Waals surface area contributed by atoms with Gasteiger partial charge in [0, 0.05) is 18.6 Å². The van der Waals surface area contributed by atoms with Crippen LogP contribution in [0.25, 0.3) is 0 Å². The molecule has 0 N–H and O–H groups in total. The largest absolute Gasteiger partial charge is 0.263 e. The zero-order valence-corrected chi connectivity index (χ0v) is 12.8. The molecule has 2 rings (SSSR count). The first-order chi connectivity index (χ1) is 7.45. The molecule has 1 aromatic rings. The van der Waals surface area contributed by atoms with Gasteiger partial charge < -0.3 is 0 Å². The molecule has 0 aromatic heterocycles. The number of benzene rings is 1. The molecular formula is C16H21V-. The first kappa shape index (κ1) is 16.3. The van der Waals surface area contributed by atoms with Gasteiger partial charge in [-0.2, -0.15) is 11.1 Å². The van der Waals surface area contributed by atoms with Crippen LogP contribution in [0, 0.1) is 11.5 Å². The Kier molecular flexibility index (Phi) is 6.59. The van der Waals surface area contributed by atoms with Gasteiger partial charge in [0.25, 0.3) is 0 Å². The van der Waals surface area contributed by atoms with Gasteiger partial charge in [0.1, 0.15) is 0 Å². The molecule has 0 atom stereocenters. The van der Waals surface area contributed by atoms with Crippen molar-refractivity contribution in [3.05, 3.63) is 59.2 Å². The summed E-state index contributed by atoms with van der Waals surface area (Å²) in [7, 11) is 0. The van der Waals surface area contributed by atoms with Crippen LogP contribution >= 0.6 is 0 Å². The molecule has 0 aliphatic heterocycles. The van der Waals surface area contributed by atoms with Gasteiger partial charge in [-0.25, -0.2) is 5.57 Å². The zero-order chi connectivity index (χ0) is 12.2. The Balaban J connectivity index is 0.000000316. The van der Waals surface area contributed by atoms with Crippen molar-refractivity contribution in [2.24, 2.45) is 5.41 Å². The van der Waals surface area contributed by atoms with Crippen LogP contribution in [-0.2, 0) is 18.6 Å². The van der Waals surface area contributed by atoms with Crippen molar-refractivity contribution >= 4 is 0 Å². The van der Waals surface area contributed by atoms with Crippen LogP contribution in [-0.4, -0.2) is 0 Å². The van der Waals surface area contributed by atoms with Gasteiger partial charge in [-0.1, -0.05) is 69.5 Å². The molecule has 1 aliphatic rings. The summed E-state index contributed by atoms with van der Waals surface area (Å²) < 4.78 is 0. The normalized spacial score (nSPS) is 16.6. The summed E-state index contributed by atoms with van der Waals surface area (Å²) in [5.41, 5.74) is 4.39. The second kappa shape index (κ2) is 6.88. The maximum atomic E-state index is 3.44. The molecular weight excluding hydrogens is 243 g/mol. The molecule has 17 heavy (non-hydrogen) atoms. The number of rotatable bonds is 0. The minimum Gasteiger partial charge on any atom is -0.263 e. The van der Waals surface area contributed by atoms with Crippen molar-refractivity contribution in [3.63, 3.8) is 0 Å². The van der Waals surface area contributed by atoms with Gasteiger partial charge in [0.05, 0.1) is 0 Å². The van der Waals surface area contributed by atoms with E-state index in [4.69, 9.17) is 0 Å². The van der Waals surface area contributed by atoms with E-state index in [0.717, 1.165) is 0 Å². The fourth-order valence-electron chi connectivity index (χ4n) is 1.79. The Morgan fingerprint density at radius 3 is 1.29 bits per heavy atom. The molecule has 0 amide bonds. The molecule has 0 saturated heterocycles. The Morgan fingerprint density at radius 1 is 0.824 bits per heavy atom. The molecule has 0 fully saturated rings. The Morgan fingerprint density at radius 2 is 1.18 bits per heavy atom. The average Bonchev–Trinajstić information content (AvgIpc) is 2.45. The molecule has 0 bridgehead atoms. The first-order valence-corrected chi connectivity index (χ1v) is 5.75.